The monoisotopic (exact) mass is 393 g/mol. The van der Waals surface area contributed by atoms with Crippen LogP contribution in [0.4, 0.5) is 0 Å². The molecule has 0 radical (unpaired) electrons. The van der Waals surface area contributed by atoms with Crippen molar-refractivity contribution >= 4 is 34.1 Å². The first-order valence-corrected chi connectivity index (χ1v) is 9.30. The molecule has 0 bridgehead atoms. The fourth-order valence-electron chi connectivity index (χ4n) is 3.64. The van der Waals surface area contributed by atoms with E-state index in [4.69, 9.17) is 21.1 Å². The van der Waals surface area contributed by atoms with Crippen LogP contribution in [0.15, 0.2) is 53.6 Å². The molecule has 2 aromatic carbocycles. The molecule has 0 fully saturated rings. The van der Waals surface area contributed by atoms with Crippen LogP contribution >= 0.6 is 11.6 Å². The van der Waals surface area contributed by atoms with Gasteiger partial charge in [-0.1, -0.05) is 41.9 Å². The summed E-state index contributed by atoms with van der Waals surface area (Å²) in [7, 11) is 0. The van der Waals surface area contributed by atoms with Gasteiger partial charge in [0.2, 0.25) is 12.7 Å². The molecule has 0 saturated heterocycles. The van der Waals surface area contributed by atoms with Gasteiger partial charge in [0.1, 0.15) is 5.15 Å². The molecule has 1 aromatic heterocycles. The maximum Gasteiger partial charge on any atom is 0.240 e. The van der Waals surface area contributed by atoms with Crippen LogP contribution in [0.5, 0.6) is 11.5 Å². The third-order valence-electron chi connectivity index (χ3n) is 4.99. The molecule has 28 heavy (non-hydrogen) atoms. The number of hydrazone groups is 1. The number of hydrogen-bond donors (Lipinski definition) is 0. The first-order valence-electron chi connectivity index (χ1n) is 8.92. The summed E-state index contributed by atoms with van der Waals surface area (Å²) < 4.78 is 10.9. The van der Waals surface area contributed by atoms with Crippen LogP contribution < -0.4 is 9.47 Å². The average Bonchev–Trinajstić information content (AvgIpc) is 3.33. The number of benzene rings is 2. The van der Waals surface area contributed by atoms with E-state index in [1.54, 1.807) is 0 Å². The van der Waals surface area contributed by atoms with Crippen molar-refractivity contribution in [3.05, 3.63) is 64.8 Å². The second kappa shape index (κ2) is 6.49. The summed E-state index contributed by atoms with van der Waals surface area (Å²) in [5.41, 5.74) is 3.32. The van der Waals surface area contributed by atoms with E-state index in [-0.39, 0.29) is 18.7 Å². The van der Waals surface area contributed by atoms with E-state index in [0.717, 1.165) is 27.7 Å². The molecule has 2 aliphatic heterocycles. The van der Waals surface area contributed by atoms with Crippen molar-refractivity contribution in [2.45, 2.75) is 19.4 Å². The van der Waals surface area contributed by atoms with Gasteiger partial charge in [-0.15, -0.1) is 0 Å². The lowest BCUT2D eigenvalue weighted by molar-refractivity contribution is -0.130. The highest BCUT2D eigenvalue weighted by molar-refractivity contribution is 6.30. The maximum absolute atomic E-state index is 12.3. The van der Waals surface area contributed by atoms with Gasteiger partial charge in [-0.3, -0.25) is 4.79 Å². The van der Waals surface area contributed by atoms with E-state index < -0.39 is 0 Å². The molecular formula is C21H16ClN3O3. The molecule has 3 heterocycles. The Morgan fingerprint density at radius 1 is 1.14 bits per heavy atom. The van der Waals surface area contributed by atoms with Gasteiger partial charge in [-0.05, 0) is 17.7 Å². The summed E-state index contributed by atoms with van der Waals surface area (Å²) >= 11 is 6.53. The summed E-state index contributed by atoms with van der Waals surface area (Å²) in [6.45, 7) is 1.70. The largest absolute Gasteiger partial charge is 0.454 e. The van der Waals surface area contributed by atoms with Gasteiger partial charge in [0.05, 0.1) is 17.3 Å². The van der Waals surface area contributed by atoms with Gasteiger partial charge in [0, 0.05) is 30.4 Å². The Morgan fingerprint density at radius 3 is 2.64 bits per heavy atom. The summed E-state index contributed by atoms with van der Waals surface area (Å²) in [5.74, 6) is 1.20. The van der Waals surface area contributed by atoms with E-state index in [1.807, 2.05) is 48.5 Å². The molecular weight excluding hydrogens is 378 g/mol. The highest BCUT2D eigenvalue weighted by Gasteiger charge is 2.33. The molecule has 0 saturated carbocycles. The number of pyridine rings is 1. The standard InChI is InChI=1S/C21H16ClN3O3/c1-12(26)25-18(9-17(24-25)13-5-3-2-4-6-13)15-7-14-8-19-20(28-11-27-19)10-16(14)23-21(15)22/h2-8,10,18H,9,11H2,1H3/t18-/m1/s1. The first-order chi connectivity index (χ1) is 13.6. The number of carbonyl (C=O) groups is 1. The number of ether oxygens (including phenoxy) is 2. The molecule has 7 heteroatoms. The highest BCUT2D eigenvalue weighted by atomic mass is 35.5. The van der Waals surface area contributed by atoms with Gasteiger partial charge in [-0.25, -0.2) is 9.99 Å². The lowest BCUT2D eigenvalue weighted by Crippen LogP contribution is -2.24. The van der Waals surface area contributed by atoms with E-state index in [9.17, 15) is 4.79 Å². The quantitative estimate of drug-likeness (QED) is 0.608. The molecule has 0 N–H and O–H groups in total. The van der Waals surface area contributed by atoms with E-state index in [1.165, 1.54) is 11.9 Å². The molecule has 0 unspecified atom stereocenters. The molecule has 6 nitrogen and oxygen atoms in total. The minimum atomic E-state index is -0.303. The fraction of sp³-hybridized carbons (Fsp3) is 0.190. The van der Waals surface area contributed by atoms with E-state index in [2.05, 4.69) is 10.1 Å². The molecule has 140 valence electrons. The predicted octanol–water partition coefficient (Wildman–Crippen LogP) is 4.31. The Labute approximate surface area is 166 Å². The molecule has 2 aliphatic rings. The number of aromatic nitrogens is 1. The van der Waals surface area contributed by atoms with Crippen molar-refractivity contribution in [1.29, 1.82) is 0 Å². The van der Waals surface area contributed by atoms with Gasteiger partial charge in [0.15, 0.2) is 11.5 Å². The smallest absolute Gasteiger partial charge is 0.240 e. The molecule has 3 aromatic rings. The molecule has 0 aliphatic carbocycles. The minimum Gasteiger partial charge on any atom is -0.454 e. The summed E-state index contributed by atoms with van der Waals surface area (Å²) in [4.78, 5) is 16.8. The zero-order valence-electron chi connectivity index (χ0n) is 15.1. The molecule has 0 spiro atoms. The topological polar surface area (TPSA) is 64.0 Å². The summed E-state index contributed by atoms with van der Waals surface area (Å²) in [6.07, 6.45) is 0.570. The Kier molecular flexibility index (Phi) is 3.94. The Hall–Kier alpha value is -3.12. The van der Waals surface area contributed by atoms with Crippen LogP contribution in [-0.2, 0) is 4.79 Å². The second-order valence-corrected chi connectivity index (χ2v) is 7.12. The summed E-state index contributed by atoms with van der Waals surface area (Å²) in [5, 5.41) is 7.28. The zero-order valence-corrected chi connectivity index (χ0v) is 15.8. The number of carbonyl (C=O) groups excluding carboxylic acids is 1. The van der Waals surface area contributed by atoms with E-state index in [0.29, 0.717) is 23.1 Å². The second-order valence-electron chi connectivity index (χ2n) is 6.76. The predicted molar refractivity (Wildman–Crippen MR) is 106 cm³/mol. The van der Waals surface area contributed by atoms with Crippen LogP contribution in [0.2, 0.25) is 5.15 Å². The molecule has 1 atom stereocenters. The molecule has 1 amide bonds. The van der Waals surface area contributed by atoms with Gasteiger partial charge in [-0.2, -0.15) is 5.10 Å². The first kappa shape index (κ1) is 17.0. The number of hydrogen-bond acceptors (Lipinski definition) is 5. The van der Waals surface area contributed by atoms with Crippen molar-refractivity contribution in [2.75, 3.05) is 6.79 Å². The minimum absolute atomic E-state index is 0.141. The lowest BCUT2D eigenvalue weighted by atomic mass is 9.98. The summed E-state index contributed by atoms with van der Waals surface area (Å²) in [6, 6.07) is 15.2. The maximum atomic E-state index is 12.3. The highest BCUT2D eigenvalue weighted by Crippen LogP contribution is 2.40. The Balaban J connectivity index is 1.58. The lowest BCUT2D eigenvalue weighted by Gasteiger charge is -2.21. The van der Waals surface area contributed by atoms with Crippen molar-refractivity contribution in [3.63, 3.8) is 0 Å². The van der Waals surface area contributed by atoms with Gasteiger partial charge >= 0.3 is 0 Å². The number of rotatable bonds is 2. The normalized spacial score (nSPS) is 17.9. The SMILES string of the molecule is CC(=O)N1N=C(c2ccccc2)C[C@@H]1c1cc2cc3c(cc2nc1Cl)OCO3. The van der Waals surface area contributed by atoms with Crippen LogP contribution in [0, 0.1) is 0 Å². The third kappa shape index (κ3) is 2.77. The van der Waals surface area contributed by atoms with Crippen molar-refractivity contribution < 1.29 is 14.3 Å². The van der Waals surface area contributed by atoms with Crippen molar-refractivity contribution in [1.82, 2.24) is 9.99 Å². The van der Waals surface area contributed by atoms with Crippen molar-refractivity contribution in [3.8, 4) is 11.5 Å². The zero-order chi connectivity index (χ0) is 19.3. The van der Waals surface area contributed by atoms with Gasteiger partial charge < -0.3 is 9.47 Å². The van der Waals surface area contributed by atoms with E-state index >= 15 is 0 Å². The average molecular weight is 394 g/mol. The third-order valence-corrected chi connectivity index (χ3v) is 5.29. The number of halogens is 1. The number of fused-ring (bicyclic) bond motifs is 2. The van der Waals surface area contributed by atoms with Crippen LogP contribution in [-0.4, -0.2) is 28.4 Å². The van der Waals surface area contributed by atoms with Crippen LogP contribution in [0.25, 0.3) is 10.9 Å². The molecule has 5 rings (SSSR count). The Bertz CT molecular complexity index is 1130. The number of amides is 1. The van der Waals surface area contributed by atoms with Gasteiger partial charge in [0.25, 0.3) is 0 Å². The fourth-order valence-corrected chi connectivity index (χ4v) is 3.91. The van der Waals surface area contributed by atoms with Crippen LogP contribution in [0.1, 0.15) is 30.5 Å². The number of nitrogens with zero attached hydrogens (tertiary/aromatic N) is 3. The van der Waals surface area contributed by atoms with Crippen LogP contribution in [0.3, 0.4) is 0 Å². The van der Waals surface area contributed by atoms with Crippen molar-refractivity contribution in [2.24, 2.45) is 5.10 Å². The Morgan fingerprint density at radius 2 is 1.89 bits per heavy atom.